The maximum absolute atomic E-state index is 5.50. The molecule has 1 aromatic carbocycles. The molecule has 1 heterocycles. The molecule has 0 amide bonds. The summed E-state index contributed by atoms with van der Waals surface area (Å²) in [6, 6.07) is 5.96. The van der Waals surface area contributed by atoms with E-state index in [0.29, 0.717) is 0 Å². The minimum Gasteiger partial charge on any atom is -0.349 e. The van der Waals surface area contributed by atoms with Gasteiger partial charge in [0.1, 0.15) is 5.66 Å². The summed E-state index contributed by atoms with van der Waals surface area (Å²) in [5.74, 6) is 2.72. The first-order valence-corrected chi connectivity index (χ1v) is 4.95. The molecule has 0 atom stereocenters. The van der Waals surface area contributed by atoms with E-state index in [4.69, 9.17) is 6.42 Å². The number of aliphatic imine (C=N–C) groups is 1. The molecular formula is C13H14N2. The zero-order valence-electron chi connectivity index (χ0n) is 9.28. The molecule has 0 bridgehead atoms. The molecule has 0 saturated carbocycles. The van der Waals surface area contributed by atoms with Gasteiger partial charge in [-0.1, -0.05) is 18.1 Å². The van der Waals surface area contributed by atoms with Gasteiger partial charge >= 0.3 is 0 Å². The Kier molecular flexibility index (Phi) is 2.04. The Morgan fingerprint density at radius 3 is 2.80 bits per heavy atom. The van der Waals surface area contributed by atoms with Gasteiger partial charge in [0, 0.05) is 24.4 Å². The highest BCUT2D eigenvalue weighted by atomic mass is 15.3. The van der Waals surface area contributed by atoms with Crippen LogP contribution in [0.3, 0.4) is 0 Å². The first kappa shape index (κ1) is 9.79. The van der Waals surface area contributed by atoms with E-state index in [1.54, 1.807) is 0 Å². The number of anilines is 1. The van der Waals surface area contributed by atoms with Crippen molar-refractivity contribution in [2.45, 2.75) is 19.5 Å². The van der Waals surface area contributed by atoms with Crippen molar-refractivity contribution in [2.24, 2.45) is 4.99 Å². The van der Waals surface area contributed by atoms with Crippen LogP contribution in [0.15, 0.2) is 23.2 Å². The first-order valence-electron chi connectivity index (χ1n) is 4.95. The van der Waals surface area contributed by atoms with Crippen LogP contribution in [0, 0.1) is 12.3 Å². The van der Waals surface area contributed by atoms with E-state index in [9.17, 15) is 0 Å². The van der Waals surface area contributed by atoms with Gasteiger partial charge in [0.25, 0.3) is 0 Å². The van der Waals surface area contributed by atoms with E-state index in [-0.39, 0.29) is 5.66 Å². The molecule has 0 fully saturated rings. The Balaban J connectivity index is 2.67. The average Bonchev–Trinajstić information content (AvgIpc) is 2.23. The molecule has 2 nitrogen and oxygen atoms in total. The number of rotatable bonds is 0. The minimum absolute atomic E-state index is 0.222. The predicted molar refractivity (Wildman–Crippen MR) is 64.5 cm³/mol. The summed E-state index contributed by atoms with van der Waals surface area (Å²) in [6.45, 7) is 4.14. The molecule has 15 heavy (non-hydrogen) atoms. The molecule has 76 valence electrons. The van der Waals surface area contributed by atoms with E-state index in [1.807, 2.05) is 31.5 Å². The van der Waals surface area contributed by atoms with Gasteiger partial charge in [0.15, 0.2) is 0 Å². The molecule has 0 radical (unpaired) electrons. The van der Waals surface area contributed by atoms with E-state index in [2.05, 4.69) is 29.7 Å². The average molecular weight is 198 g/mol. The van der Waals surface area contributed by atoms with Crippen molar-refractivity contribution in [1.29, 1.82) is 0 Å². The fourth-order valence-electron chi connectivity index (χ4n) is 1.74. The molecule has 0 N–H and O–H groups in total. The lowest BCUT2D eigenvalue weighted by atomic mass is 10.0. The second-order valence-electron chi connectivity index (χ2n) is 4.20. The Morgan fingerprint density at radius 2 is 2.13 bits per heavy atom. The van der Waals surface area contributed by atoms with Gasteiger partial charge in [-0.2, -0.15) is 0 Å². The second kappa shape index (κ2) is 3.13. The Bertz CT molecular complexity index is 464. The van der Waals surface area contributed by atoms with Crippen LogP contribution < -0.4 is 4.90 Å². The van der Waals surface area contributed by atoms with Crippen molar-refractivity contribution in [1.82, 2.24) is 0 Å². The van der Waals surface area contributed by atoms with Crippen molar-refractivity contribution in [2.75, 3.05) is 11.9 Å². The molecule has 2 heteroatoms. The van der Waals surface area contributed by atoms with Crippen LogP contribution in [0.2, 0.25) is 0 Å². The van der Waals surface area contributed by atoms with Gasteiger partial charge in [0.05, 0.1) is 5.69 Å². The maximum Gasteiger partial charge on any atom is 0.126 e. The summed E-state index contributed by atoms with van der Waals surface area (Å²) in [6.07, 6.45) is 7.40. The zero-order chi connectivity index (χ0) is 11.1. The van der Waals surface area contributed by atoms with Gasteiger partial charge in [-0.25, -0.2) is 0 Å². The Hall–Kier alpha value is -1.75. The quantitative estimate of drug-likeness (QED) is 0.584. The molecule has 1 aliphatic rings. The largest absolute Gasteiger partial charge is 0.349 e. The highest BCUT2D eigenvalue weighted by Gasteiger charge is 2.28. The van der Waals surface area contributed by atoms with Crippen molar-refractivity contribution >= 4 is 11.9 Å². The normalized spacial score (nSPS) is 17.1. The third-order valence-corrected chi connectivity index (χ3v) is 2.90. The molecule has 0 spiro atoms. The summed E-state index contributed by atoms with van der Waals surface area (Å²) < 4.78 is 0. The predicted octanol–water partition coefficient (Wildman–Crippen LogP) is 2.27. The smallest absolute Gasteiger partial charge is 0.126 e. The van der Waals surface area contributed by atoms with Gasteiger partial charge < -0.3 is 4.90 Å². The highest BCUT2D eigenvalue weighted by Crippen LogP contribution is 2.32. The Morgan fingerprint density at radius 1 is 1.40 bits per heavy atom. The lowest BCUT2D eigenvalue weighted by Gasteiger charge is -2.38. The van der Waals surface area contributed by atoms with Gasteiger partial charge in [0.2, 0.25) is 0 Å². The van der Waals surface area contributed by atoms with Gasteiger partial charge in [-0.3, -0.25) is 4.99 Å². The molecule has 0 saturated heterocycles. The standard InChI is InChI=1S/C13H14N2/c1-5-10-7-6-8-11-9-14-13(2,3)15(4)12(10)11/h1,6-9H,2-4H3. The van der Waals surface area contributed by atoms with Crippen LogP contribution >= 0.6 is 0 Å². The van der Waals surface area contributed by atoms with E-state index in [1.165, 1.54) is 0 Å². The van der Waals surface area contributed by atoms with Crippen LogP contribution in [0.5, 0.6) is 0 Å². The summed E-state index contributed by atoms with van der Waals surface area (Å²) in [5.41, 5.74) is 2.89. The molecule has 0 aromatic heterocycles. The monoisotopic (exact) mass is 198 g/mol. The number of nitrogens with zero attached hydrogens (tertiary/aromatic N) is 2. The number of terminal acetylenes is 1. The Labute approximate surface area is 90.6 Å². The molecule has 1 aliphatic heterocycles. The van der Waals surface area contributed by atoms with Crippen LogP contribution in [-0.2, 0) is 0 Å². The van der Waals surface area contributed by atoms with Crippen LogP contribution in [0.1, 0.15) is 25.0 Å². The third-order valence-electron chi connectivity index (χ3n) is 2.90. The minimum atomic E-state index is -0.222. The van der Waals surface area contributed by atoms with Crippen LogP contribution in [-0.4, -0.2) is 18.9 Å². The number of hydrogen-bond donors (Lipinski definition) is 0. The topological polar surface area (TPSA) is 15.6 Å². The van der Waals surface area contributed by atoms with Gasteiger partial charge in [-0.05, 0) is 19.9 Å². The molecule has 1 aromatic rings. The van der Waals surface area contributed by atoms with Crippen molar-refractivity contribution < 1.29 is 0 Å². The molecule has 0 unspecified atom stereocenters. The van der Waals surface area contributed by atoms with Crippen LogP contribution in [0.25, 0.3) is 0 Å². The number of hydrogen-bond acceptors (Lipinski definition) is 2. The SMILES string of the molecule is C#Cc1cccc2c1N(C)C(C)(C)N=C2. The number of benzene rings is 1. The number of fused-ring (bicyclic) bond motifs is 1. The summed E-state index contributed by atoms with van der Waals surface area (Å²) in [7, 11) is 2.02. The van der Waals surface area contributed by atoms with Crippen molar-refractivity contribution in [3.05, 3.63) is 29.3 Å². The van der Waals surface area contributed by atoms with Crippen molar-refractivity contribution in [3.63, 3.8) is 0 Å². The fourth-order valence-corrected chi connectivity index (χ4v) is 1.74. The molecule has 2 rings (SSSR count). The summed E-state index contributed by atoms with van der Waals surface area (Å²) in [4.78, 5) is 6.61. The maximum atomic E-state index is 5.50. The third kappa shape index (κ3) is 1.41. The van der Waals surface area contributed by atoms with Gasteiger partial charge in [-0.15, -0.1) is 6.42 Å². The second-order valence-corrected chi connectivity index (χ2v) is 4.20. The fraction of sp³-hybridized carbons (Fsp3) is 0.308. The first-order chi connectivity index (χ1) is 7.06. The lowest BCUT2D eigenvalue weighted by Crippen LogP contribution is -2.42. The summed E-state index contributed by atoms with van der Waals surface area (Å²) >= 11 is 0. The summed E-state index contributed by atoms with van der Waals surface area (Å²) in [5, 5.41) is 0. The molecular weight excluding hydrogens is 184 g/mol. The zero-order valence-corrected chi connectivity index (χ0v) is 9.28. The van der Waals surface area contributed by atoms with E-state index >= 15 is 0 Å². The molecule has 0 aliphatic carbocycles. The van der Waals surface area contributed by atoms with E-state index < -0.39 is 0 Å². The van der Waals surface area contributed by atoms with Crippen molar-refractivity contribution in [3.8, 4) is 12.3 Å². The van der Waals surface area contributed by atoms with Crippen LogP contribution in [0.4, 0.5) is 5.69 Å². The number of para-hydroxylation sites is 1. The highest BCUT2D eigenvalue weighted by molar-refractivity contribution is 5.92. The van der Waals surface area contributed by atoms with E-state index in [0.717, 1.165) is 16.8 Å². The lowest BCUT2D eigenvalue weighted by molar-refractivity contribution is 0.509.